The molecule has 26 heavy (non-hydrogen) atoms. The highest BCUT2D eigenvalue weighted by molar-refractivity contribution is 7.15. The molecule has 0 bridgehead atoms. The standard InChI is InChI=1S/C19H21N3O3S/c1-11(2)15(9-23)21-17(24)14-8-20-19-22(18(14)25)16(10-26-19)13-6-4-12(3)5-7-13/h4-8,10-11,15,23H,9H2,1-3H3,(H,21,24)/t15-/m1/s1. The number of aromatic nitrogens is 2. The lowest BCUT2D eigenvalue weighted by Crippen LogP contribution is -2.43. The topological polar surface area (TPSA) is 83.7 Å². The maximum Gasteiger partial charge on any atom is 0.271 e. The molecule has 0 unspecified atom stereocenters. The summed E-state index contributed by atoms with van der Waals surface area (Å²) in [7, 11) is 0. The molecule has 2 heterocycles. The van der Waals surface area contributed by atoms with Crippen molar-refractivity contribution in [3.8, 4) is 11.3 Å². The minimum absolute atomic E-state index is 0.0339. The van der Waals surface area contributed by atoms with E-state index >= 15 is 0 Å². The number of rotatable bonds is 5. The molecule has 6 nitrogen and oxygen atoms in total. The maximum atomic E-state index is 12.9. The van der Waals surface area contributed by atoms with Gasteiger partial charge in [0, 0.05) is 11.6 Å². The first-order chi connectivity index (χ1) is 12.4. The first-order valence-electron chi connectivity index (χ1n) is 8.40. The van der Waals surface area contributed by atoms with Gasteiger partial charge in [-0.3, -0.25) is 14.0 Å². The second-order valence-corrected chi connectivity index (χ2v) is 7.43. The fourth-order valence-electron chi connectivity index (χ4n) is 2.64. The van der Waals surface area contributed by atoms with E-state index in [0.29, 0.717) is 10.7 Å². The molecule has 3 aromatic rings. The van der Waals surface area contributed by atoms with Gasteiger partial charge in [0.25, 0.3) is 11.5 Å². The molecule has 0 saturated heterocycles. The predicted molar refractivity (Wildman–Crippen MR) is 103 cm³/mol. The average Bonchev–Trinajstić information content (AvgIpc) is 3.05. The van der Waals surface area contributed by atoms with Gasteiger partial charge in [-0.2, -0.15) is 0 Å². The molecule has 0 radical (unpaired) electrons. The summed E-state index contributed by atoms with van der Waals surface area (Å²) >= 11 is 1.35. The Morgan fingerprint density at radius 2 is 2.00 bits per heavy atom. The van der Waals surface area contributed by atoms with E-state index in [2.05, 4.69) is 10.3 Å². The van der Waals surface area contributed by atoms with Crippen LogP contribution >= 0.6 is 11.3 Å². The number of aryl methyl sites for hydroxylation is 1. The molecule has 0 aliphatic carbocycles. The summed E-state index contributed by atoms with van der Waals surface area (Å²) in [6.45, 7) is 5.60. The quantitative estimate of drug-likeness (QED) is 0.722. The summed E-state index contributed by atoms with van der Waals surface area (Å²) < 4.78 is 1.47. The van der Waals surface area contributed by atoms with Crippen molar-refractivity contribution < 1.29 is 9.90 Å². The van der Waals surface area contributed by atoms with Crippen LogP contribution in [0.2, 0.25) is 0 Å². The molecular weight excluding hydrogens is 350 g/mol. The van der Waals surface area contributed by atoms with Crippen molar-refractivity contribution in [3.63, 3.8) is 0 Å². The number of fused-ring (bicyclic) bond motifs is 1. The van der Waals surface area contributed by atoms with Gasteiger partial charge in [0.05, 0.1) is 18.3 Å². The van der Waals surface area contributed by atoms with Crippen molar-refractivity contribution in [2.75, 3.05) is 6.61 Å². The van der Waals surface area contributed by atoms with Crippen molar-refractivity contribution in [3.05, 3.63) is 57.3 Å². The predicted octanol–water partition coefficient (Wildman–Crippen LogP) is 2.48. The summed E-state index contributed by atoms with van der Waals surface area (Å²) in [5.74, 6) is -0.474. The van der Waals surface area contributed by atoms with Gasteiger partial charge < -0.3 is 10.4 Å². The Hall–Kier alpha value is -2.51. The number of aliphatic hydroxyl groups excluding tert-OH is 1. The number of benzene rings is 1. The molecular formula is C19H21N3O3S. The van der Waals surface area contributed by atoms with Crippen LogP contribution in [-0.2, 0) is 0 Å². The summed E-state index contributed by atoms with van der Waals surface area (Å²) in [5.41, 5.74) is 2.28. The van der Waals surface area contributed by atoms with E-state index in [4.69, 9.17) is 0 Å². The molecule has 1 amide bonds. The molecule has 1 atom stereocenters. The van der Waals surface area contributed by atoms with Gasteiger partial charge in [-0.05, 0) is 18.4 Å². The number of nitrogens with one attached hydrogen (secondary N) is 1. The third kappa shape index (κ3) is 3.40. The van der Waals surface area contributed by atoms with Crippen molar-refractivity contribution in [2.24, 2.45) is 5.92 Å². The van der Waals surface area contributed by atoms with Gasteiger partial charge in [-0.15, -0.1) is 11.3 Å². The van der Waals surface area contributed by atoms with Crippen LogP contribution in [0.25, 0.3) is 16.2 Å². The molecule has 1 aromatic carbocycles. The third-order valence-corrected chi connectivity index (χ3v) is 5.20. The minimum atomic E-state index is -0.522. The minimum Gasteiger partial charge on any atom is -0.394 e. The van der Waals surface area contributed by atoms with E-state index in [1.807, 2.05) is 50.4 Å². The lowest BCUT2D eigenvalue weighted by atomic mass is 10.1. The summed E-state index contributed by atoms with van der Waals surface area (Å²) in [4.78, 5) is 30.3. The number of aliphatic hydroxyl groups is 1. The SMILES string of the molecule is Cc1ccc(-c2csc3ncc(C(=O)N[C@H](CO)C(C)C)c(=O)n23)cc1. The Labute approximate surface area is 155 Å². The molecule has 3 rings (SSSR count). The first kappa shape index (κ1) is 18.3. The summed E-state index contributed by atoms with van der Waals surface area (Å²) in [5, 5.41) is 14.0. The number of hydrogen-bond donors (Lipinski definition) is 2. The highest BCUT2D eigenvalue weighted by atomic mass is 32.1. The Morgan fingerprint density at radius 1 is 1.31 bits per heavy atom. The highest BCUT2D eigenvalue weighted by Crippen LogP contribution is 2.24. The van der Waals surface area contributed by atoms with Crippen molar-refractivity contribution >= 4 is 22.2 Å². The Kier molecular flexibility index (Phi) is 5.20. The Balaban J connectivity index is 2.05. The van der Waals surface area contributed by atoms with Crippen LogP contribution in [0.15, 0.2) is 40.6 Å². The third-order valence-electron chi connectivity index (χ3n) is 4.36. The second-order valence-electron chi connectivity index (χ2n) is 6.59. The Bertz CT molecular complexity index is 989. The van der Waals surface area contributed by atoms with E-state index in [-0.39, 0.29) is 18.1 Å². The zero-order chi connectivity index (χ0) is 18.8. The van der Waals surface area contributed by atoms with E-state index < -0.39 is 17.5 Å². The number of amides is 1. The molecule has 0 spiro atoms. The number of thiazole rings is 1. The van der Waals surface area contributed by atoms with Crippen molar-refractivity contribution in [2.45, 2.75) is 26.8 Å². The van der Waals surface area contributed by atoms with E-state index in [1.54, 1.807) is 0 Å². The van der Waals surface area contributed by atoms with Crippen molar-refractivity contribution in [1.29, 1.82) is 0 Å². The van der Waals surface area contributed by atoms with Crippen LogP contribution in [0.5, 0.6) is 0 Å². The fraction of sp³-hybridized carbons (Fsp3) is 0.316. The monoisotopic (exact) mass is 371 g/mol. The molecule has 2 aromatic heterocycles. The van der Waals surface area contributed by atoms with Gasteiger partial charge in [0.15, 0.2) is 4.96 Å². The average molecular weight is 371 g/mol. The van der Waals surface area contributed by atoms with Crippen LogP contribution in [0.3, 0.4) is 0 Å². The molecule has 136 valence electrons. The van der Waals surface area contributed by atoms with Crippen LogP contribution in [0.1, 0.15) is 29.8 Å². The zero-order valence-corrected chi connectivity index (χ0v) is 15.7. The Morgan fingerprint density at radius 3 is 2.62 bits per heavy atom. The van der Waals surface area contributed by atoms with Crippen LogP contribution in [0, 0.1) is 12.8 Å². The van der Waals surface area contributed by atoms with Gasteiger partial charge in [-0.25, -0.2) is 4.98 Å². The molecule has 0 fully saturated rings. The molecule has 0 aliphatic heterocycles. The number of carbonyl (C=O) groups excluding carboxylic acids is 1. The molecule has 0 aliphatic rings. The first-order valence-corrected chi connectivity index (χ1v) is 9.28. The smallest absolute Gasteiger partial charge is 0.271 e. The number of carbonyl (C=O) groups is 1. The lowest BCUT2D eigenvalue weighted by Gasteiger charge is -2.19. The summed E-state index contributed by atoms with van der Waals surface area (Å²) in [6, 6.07) is 7.42. The van der Waals surface area contributed by atoms with Crippen LogP contribution < -0.4 is 10.9 Å². The van der Waals surface area contributed by atoms with Gasteiger partial charge in [-0.1, -0.05) is 43.7 Å². The van der Waals surface area contributed by atoms with E-state index in [9.17, 15) is 14.7 Å². The molecule has 0 saturated carbocycles. The zero-order valence-electron chi connectivity index (χ0n) is 14.9. The van der Waals surface area contributed by atoms with E-state index in [1.165, 1.54) is 21.9 Å². The highest BCUT2D eigenvalue weighted by Gasteiger charge is 2.21. The number of nitrogens with zero attached hydrogens (tertiary/aromatic N) is 2. The maximum absolute atomic E-state index is 12.9. The molecule has 7 heteroatoms. The largest absolute Gasteiger partial charge is 0.394 e. The van der Waals surface area contributed by atoms with Crippen LogP contribution in [0.4, 0.5) is 0 Å². The van der Waals surface area contributed by atoms with Gasteiger partial charge in [0.1, 0.15) is 5.56 Å². The normalized spacial score (nSPS) is 12.5. The lowest BCUT2D eigenvalue weighted by molar-refractivity contribution is 0.0895. The molecule has 2 N–H and O–H groups in total. The van der Waals surface area contributed by atoms with Crippen LogP contribution in [-0.4, -0.2) is 33.0 Å². The van der Waals surface area contributed by atoms with Crippen molar-refractivity contribution in [1.82, 2.24) is 14.7 Å². The second kappa shape index (κ2) is 7.39. The van der Waals surface area contributed by atoms with E-state index in [0.717, 1.165) is 11.1 Å². The number of hydrogen-bond acceptors (Lipinski definition) is 5. The van der Waals surface area contributed by atoms with Gasteiger partial charge in [0.2, 0.25) is 0 Å². The summed E-state index contributed by atoms with van der Waals surface area (Å²) in [6.07, 6.45) is 1.30. The fourth-order valence-corrected chi connectivity index (χ4v) is 3.50. The van der Waals surface area contributed by atoms with Gasteiger partial charge >= 0.3 is 0 Å².